The Hall–Kier alpha value is -2.54. The number of nitrogens with zero attached hydrogens (tertiary/aromatic N) is 1. The smallest absolute Gasteiger partial charge is 0.145 e. The Morgan fingerprint density at radius 3 is 2.45 bits per heavy atom. The van der Waals surface area contributed by atoms with Gasteiger partial charge in [-0.2, -0.15) is 5.26 Å². The SMILES string of the molecule is CCCOc1ccc(Oc2ccc(F)cc2C#N)cc1. The lowest BCUT2D eigenvalue weighted by molar-refractivity contribution is 0.317. The van der Waals surface area contributed by atoms with Crippen molar-refractivity contribution in [2.45, 2.75) is 13.3 Å². The first-order chi connectivity index (χ1) is 9.72. The lowest BCUT2D eigenvalue weighted by atomic mass is 10.2. The second-order valence-corrected chi connectivity index (χ2v) is 4.17. The highest BCUT2D eigenvalue weighted by Crippen LogP contribution is 2.27. The van der Waals surface area contributed by atoms with E-state index < -0.39 is 5.82 Å². The maximum Gasteiger partial charge on any atom is 0.145 e. The highest BCUT2D eigenvalue weighted by Gasteiger charge is 2.06. The van der Waals surface area contributed by atoms with Gasteiger partial charge < -0.3 is 9.47 Å². The van der Waals surface area contributed by atoms with E-state index >= 15 is 0 Å². The third kappa shape index (κ3) is 3.48. The van der Waals surface area contributed by atoms with Gasteiger partial charge >= 0.3 is 0 Å². The molecule has 0 aliphatic heterocycles. The first-order valence-corrected chi connectivity index (χ1v) is 6.33. The summed E-state index contributed by atoms with van der Waals surface area (Å²) in [5.74, 6) is 1.20. The molecule has 0 bridgehead atoms. The number of benzene rings is 2. The molecule has 2 aromatic carbocycles. The lowest BCUT2D eigenvalue weighted by Gasteiger charge is -2.09. The van der Waals surface area contributed by atoms with Crippen molar-refractivity contribution in [2.75, 3.05) is 6.61 Å². The molecule has 0 heterocycles. The maximum atomic E-state index is 13.0. The van der Waals surface area contributed by atoms with Crippen LogP contribution in [-0.4, -0.2) is 6.61 Å². The van der Waals surface area contributed by atoms with Crippen molar-refractivity contribution < 1.29 is 13.9 Å². The molecule has 2 aromatic rings. The predicted octanol–water partition coefficient (Wildman–Crippen LogP) is 4.28. The van der Waals surface area contributed by atoms with E-state index in [2.05, 4.69) is 0 Å². The number of hydrogen-bond donors (Lipinski definition) is 0. The Bertz CT molecular complexity index is 617. The fourth-order valence-electron chi connectivity index (χ4n) is 1.63. The molecule has 0 atom stereocenters. The van der Waals surface area contributed by atoms with Crippen molar-refractivity contribution in [1.82, 2.24) is 0 Å². The molecule has 0 spiro atoms. The molecule has 0 unspecified atom stereocenters. The molecule has 0 saturated carbocycles. The number of nitriles is 1. The quantitative estimate of drug-likeness (QED) is 0.815. The summed E-state index contributed by atoms with van der Waals surface area (Å²) in [7, 11) is 0. The molecule has 3 nitrogen and oxygen atoms in total. The van der Waals surface area contributed by atoms with Crippen LogP contribution in [0.25, 0.3) is 0 Å². The van der Waals surface area contributed by atoms with Crippen LogP contribution in [0.15, 0.2) is 42.5 Å². The summed E-state index contributed by atoms with van der Waals surface area (Å²) in [5, 5.41) is 8.95. The highest BCUT2D eigenvalue weighted by atomic mass is 19.1. The first kappa shape index (κ1) is 13.9. The van der Waals surface area contributed by atoms with Crippen LogP contribution in [0.5, 0.6) is 17.2 Å². The Morgan fingerprint density at radius 1 is 1.10 bits per heavy atom. The molecule has 4 heteroatoms. The van der Waals surface area contributed by atoms with Gasteiger partial charge in [0.05, 0.1) is 12.2 Å². The fraction of sp³-hybridized carbons (Fsp3) is 0.188. The van der Waals surface area contributed by atoms with Gasteiger partial charge in [0.1, 0.15) is 29.1 Å². The fourth-order valence-corrected chi connectivity index (χ4v) is 1.63. The third-order valence-corrected chi connectivity index (χ3v) is 2.59. The van der Waals surface area contributed by atoms with Gasteiger partial charge in [0, 0.05) is 0 Å². The standard InChI is InChI=1S/C16H14FNO2/c1-2-9-19-14-4-6-15(7-5-14)20-16-8-3-13(17)10-12(16)11-18/h3-8,10H,2,9H2,1H3. The van der Waals surface area contributed by atoms with Crippen molar-refractivity contribution in [3.63, 3.8) is 0 Å². The Kier molecular flexibility index (Phi) is 4.56. The monoisotopic (exact) mass is 271 g/mol. The van der Waals surface area contributed by atoms with Gasteiger partial charge in [0.25, 0.3) is 0 Å². The van der Waals surface area contributed by atoms with Crippen molar-refractivity contribution in [3.8, 4) is 23.3 Å². The van der Waals surface area contributed by atoms with Gasteiger partial charge in [-0.3, -0.25) is 0 Å². The van der Waals surface area contributed by atoms with Crippen molar-refractivity contribution in [1.29, 1.82) is 5.26 Å². The molecule has 0 saturated heterocycles. The summed E-state index contributed by atoms with van der Waals surface area (Å²) in [5.41, 5.74) is 0.163. The van der Waals surface area contributed by atoms with E-state index in [0.29, 0.717) is 18.1 Å². The lowest BCUT2D eigenvalue weighted by Crippen LogP contribution is -1.94. The van der Waals surface area contributed by atoms with E-state index in [0.717, 1.165) is 18.2 Å². The Labute approximate surface area is 117 Å². The van der Waals surface area contributed by atoms with Crippen LogP contribution < -0.4 is 9.47 Å². The number of ether oxygens (including phenoxy) is 2. The van der Waals surface area contributed by atoms with E-state index in [1.54, 1.807) is 24.3 Å². The van der Waals surface area contributed by atoms with Gasteiger partial charge in [0.15, 0.2) is 0 Å². The molecular weight excluding hydrogens is 257 g/mol. The minimum atomic E-state index is -0.461. The molecule has 0 amide bonds. The number of halogens is 1. The molecule has 2 rings (SSSR count). The van der Waals surface area contributed by atoms with Gasteiger partial charge in [-0.15, -0.1) is 0 Å². The van der Waals surface area contributed by atoms with Gasteiger partial charge in [-0.05, 0) is 48.9 Å². The van der Waals surface area contributed by atoms with E-state index in [4.69, 9.17) is 14.7 Å². The largest absolute Gasteiger partial charge is 0.494 e. The summed E-state index contributed by atoms with van der Waals surface area (Å²) < 4.78 is 24.1. The summed E-state index contributed by atoms with van der Waals surface area (Å²) in [4.78, 5) is 0. The van der Waals surface area contributed by atoms with Crippen LogP contribution in [-0.2, 0) is 0 Å². The molecule has 0 fully saturated rings. The van der Waals surface area contributed by atoms with Crippen LogP contribution in [0.2, 0.25) is 0 Å². The van der Waals surface area contributed by atoms with E-state index in [9.17, 15) is 4.39 Å². The minimum absolute atomic E-state index is 0.163. The first-order valence-electron chi connectivity index (χ1n) is 6.33. The van der Waals surface area contributed by atoms with Crippen LogP contribution in [0.4, 0.5) is 4.39 Å². The third-order valence-electron chi connectivity index (χ3n) is 2.59. The van der Waals surface area contributed by atoms with E-state index in [1.807, 2.05) is 13.0 Å². The molecule has 102 valence electrons. The summed E-state index contributed by atoms with van der Waals surface area (Å²) >= 11 is 0. The van der Waals surface area contributed by atoms with E-state index in [-0.39, 0.29) is 5.56 Å². The molecule has 0 aliphatic rings. The molecular formula is C16H14FNO2. The average Bonchev–Trinajstić information content (AvgIpc) is 2.48. The molecule has 0 radical (unpaired) electrons. The molecule has 20 heavy (non-hydrogen) atoms. The Balaban J connectivity index is 2.12. The molecule has 0 N–H and O–H groups in total. The maximum absolute atomic E-state index is 13.0. The summed E-state index contributed by atoms with van der Waals surface area (Å²) in [6.07, 6.45) is 0.944. The van der Waals surface area contributed by atoms with Gasteiger partial charge in [0.2, 0.25) is 0 Å². The molecule has 0 aliphatic carbocycles. The minimum Gasteiger partial charge on any atom is -0.494 e. The summed E-state index contributed by atoms with van der Waals surface area (Å²) in [6, 6.07) is 12.8. The number of rotatable bonds is 5. The highest BCUT2D eigenvalue weighted by molar-refractivity contribution is 5.45. The average molecular weight is 271 g/mol. The molecule has 0 aromatic heterocycles. The topological polar surface area (TPSA) is 42.2 Å². The van der Waals surface area contributed by atoms with Crippen molar-refractivity contribution >= 4 is 0 Å². The number of hydrogen-bond acceptors (Lipinski definition) is 3. The normalized spacial score (nSPS) is 9.85. The van der Waals surface area contributed by atoms with Crippen LogP contribution in [0, 0.1) is 17.1 Å². The second kappa shape index (κ2) is 6.58. The van der Waals surface area contributed by atoms with Crippen LogP contribution in [0.1, 0.15) is 18.9 Å². The zero-order valence-electron chi connectivity index (χ0n) is 11.1. The van der Waals surface area contributed by atoms with Crippen molar-refractivity contribution in [2.24, 2.45) is 0 Å². The van der Waals surface area contributed by atoms with Gasteiger partial charge in [-0.25, -0.2) is 4.39 Å². The zero-order valence-corrected chi connectivity index (χ0v) is 11.1. The predicted molar refractivity (Wildman–Crippen MR) is 73.4 cm³/mol. The Morgan fingerprint density at radius 2 is 1.80 bits per heavy atom. The second-order valence-electron chi connectivity index (χ2n) is 4.17. The zero-order chi connectivity index (χ0) is 14.4. The van der Waals surface area contributed by atoms with Crippen molar-refractivity contribution in [3.05, 3.63) is 53.8 Å². The van der Waals surface area contributed by atoms with E-state index in [1.165, 1.54) is 12.1 Å². The van der Waals surface area contributed by atoms with Gasteiger partial charge in [-0.1, -0.05) is 6.92 Å². The van der Waals surface area contributed by atoms with Crippen LogP contribution >= 0.6 is 0 Å². The summed E-state index contributed by atoms with van der Waals surface area (Å²) in [6.45, 7) is 2.70. The van der Waals surface area contributed by atoms with Crippen LogP contribution in [0.3, 0.4) is 0 Å².